The lowest BCUT2D eigenvalue weighted by molar-refractivity contribution is 0.221. The highest BCUT2D eigenvalue weighted by Gasteiger charge is 2.21. The SMILES string of the molecule is Cc1ccc(S(=O)(=O)NNc2cc3nnc(NC(=O)NC4CCN(C)CC4)n3c(/C=C/n3ncc4ccccc43)n2)cc1. The van der Waals surface area contributed by atoms with Crippen LogP contribution in [0, 0.1) is 6.92 Å². The first kappa shape index (κ1) is 28.3. The molecule has 0 unspecified atom stereocenters. The Labute approximate surface area is 247 Å². The second-order valence-electron chi connectivity index (χ2n) is 10.4. The van der Waals surface area contributed by atoms with E-state index in [1.165, 1.54) is 18.2 Å². The minimum Gasteiger partial charge on any atom is -0.335 e. The van der Waals surface area contributed by atoms with Gasteiger partial charge in [-0.15, -0.1) is 15.0 Å². The molecule has 43 heavy (non-hydrogen) atoms. The highest BCUT2D eigenvalue weighted by atomic mass is 32.2. The standard InChI is InChI=1S/C28H31N11O3S/c1-19-7-9-22(10-8-19)43(41,42)36-33-24-17-26-34-35-27(32-28(40)30-21-11-14-37(2)15-12-21)39(26)25(31-24)13-16-38-23-6-4-3-5-20(23)18-29-38/h3-10,13,16-18,21,33,36H,11-12,14-15H2,1-2H3,(H2,30,32,35,40)/b16-13+. The molecule has 4 heterocycles. The largest absolute Gasteiger partial charge is 0.335 e. The van der Waals surface area contributed by atoms with E-state index in [0.717, 1.165) is 42.4 Å². The normalized spacial score (nSPS) is 14.9. The van der Waals surface area contributed by atoms with Crippen molar-refractivity contribution >= 4 is 56.6 Å². The Morgan fingerprint density at radius 3 is 2.60 bits per heavy atom. The Morgan fingerprint density at radius 1 is 1.05 bits per heavy atom. The molecule has 2 amide bonds. The fourth-order valence-corrected chi connectivity index (χ4v) is 5.67. The van der Waals surface area contributed by atoms with Gasteiger partial charge in [0.1, 0.15) is 11.6 Å². The van der Waals surface area contributed by atoms with Crippen LogP contribution >= 0.6 is 0 Å². The number of hydrogen-bond acceptors (Lipinski definition) is 9. The smallest absolute Gasteiger partial charge is 0.321 e. The van der Waals surface area contributed by atoms with E-state index in [4.69, 9.17) is 0 Å². The topological polar surface area (TPSA) is 163 Å². The van der Waals surface area contributed by atoms with E-state index in [1.807, 2.05) is 31.2 Å². The Hall–Kier alpha value is -4.86. The van der Waals surface area contributed by atoms with Gasteiger partial charge in [0.05, 0.1) is 16.6 Å². The van der Waals surface area contributed by atoms with Crippen molar-refractivity contribution in [3.8, 4) is 0 Å². The first-order valence-corrected chi connectivity index (χ1v) is 15.2. The summed E-state index contributed by atoms with van der Waals surface area (Å²) in [6.45, 7) is 3.69. The molecule has 15 heteroatoms. The van der Waals surface area contributed by atoms with Gasteiger partial charge in [-0.1, -0.05) is 35.9 Å². The summed E-state index contributed by atoms with van der Waals surface area (Å²) in [4.78, 5) is 22.2. The van der Waals surface area contributed by atoms with E-state index in [0.29, 0.717) is 11.5 Å². The zero-order valence-electron chi connectivity index (χ0n) is 23.6. The molecule has 0 spiro atoms. The third-order valence-corrected chi connectivity index (χ3v) is 8.48. The molecule has 222 valence electrons. The second-order valence-corrected chi connectivity index (χ2v) is 12.1. The van der Waals surface area contributed by atoms with Gasteiger partial charge in [-0.3, -0.25) is 10.7 Å². The van der Waals surface area contributed by atoms with Crippen molar-refractivity contribution in [2.75, 3.05) is 30.9 Å². The molecule has 1 aliphatic rings. The van der Waals surface area contributed by atoms with Crippen LogP contribution in [-0.2, 0) is 10.0 Å². The van der Waals surface area contributed by atoms with Crippen LogP contribution in [0.4, 0.5) is 16.6 Å². The third kappa shape index (κ3) is 6.33. The fraction of sp³-hybridized carbons (Fsp3) is 0.250. The number of carbonyl (C=O) groups excluding carboxylic acids is 1. The van der Waals surface area contributed by atoms with E-state index in [1.54, 1.807) is 39.7 Å². The van der Waals surface area contributed by atoms with Crippen molar-refractivity contribution in [3.63, 3.8) is 0 Å². The van der Waals surface area contributed by atoms with E-state index in [9.17, 15) is 13.2 Å². The molecule has 0 bridgehead atoms. The summed E-state index contributed by atoms with van der Waals surface area (Å²) in [5, 5.41) is 19.6. The van der Waals surface area contributed by atoms with Crippen molar-refractivity contribution in [2.45, 2.75) is 30.7 Å². The summed E-state index contributed by atoms with van der Waals surface area (Å²) in [5.74, 6) is 0.640. The lowest BCUT2D eigenvalue weighted by Gasteiger charge is -2.29. The third-order valence-electron chi connectivity index (χ3n) is 7.21. The summed E-state index contributed by atoms with van der Waals surface area (Å²) in [7, 11) is -1.83. The number of sulfonamides is 1. The first-order valence-electron chi connectivity index (χ1n) is 13.7. The Morgan fingerprint density at radius 2 is 1.81 bits per heavy atom. The predicted molar refractivity (Wildman–Crippen MR) is 164 cm³/mol. The number of carbonyl (C=O) groups is 1. The van der Waals surface area contributed by atoms with Gasteiger partial charge in [-0.25, -0.2) is 27.3 Å². The Kier molecular flexibility index (Phi) is 7.75. The number of amides is 2. The van der Waals surface area contributed by atoms with Crippen LogP contribution in [0.5, 0.6) is 0 Å². The number of hydrogen-bond donors (Lipinski definition) is 4. The molecule has 14 nitrogen and oxygen atoms in total. The number of benzene rings is 2. The zero-order chi connectivity index (χ0) is 30.0. The molecule has 6 rings (SSSR count). The maximum absolute atomic E-state index is 12.9. The monoisotopic (exact) mass is 601 g/mol. The summed E-state index contributed by atoms with van der Waals surface area (Å²) >= 11 is 0. The van der Waals surface area contributed by atoms with Crippen LogP contribution < -0.4 is 20.9 Å². The van der Waals surface area contributed by atoms with Crippen molar-refractivity contribution in [3.05, 3.63) is 72.2 Å². The molecule has 0 atom stereocenters. The number of hydrazine groups is 1. The van der Waals surface area contributed by atoms with Crippen molar-refractivity contribution in [2.24, 2.45) is 0 Å². The molecule has 3 aromatic heterocycles. The highest BCUT2D eigenvalue weighted by Crippen LogP contribution is 2.19. The van der Waals surface area contributed by atoms with E-state index >= 15 is 0 Å². The maximum atomic E-state index is 12.9. The van der Waals surface area contributed by atoms with Crippen LogP contribution in [0.3, 0.4) is 0 Å². The van der Waals surface area contributed by atoms with Gasteiger partial charge in [0.15, 0.2) is 5.65 Å². The lowest BCUT2D eigenvalue weighted by Crippen LogP contribution is -2.45. The van der Waals surface area contributed by atoms with Crippen LogP contribution in [0.1, 0.15) is 24.2 Å². The van der Waals surface area contributed by atoms with Gasteiger partial charge in [-0.2, -0.15) is 5.10 Å². The average molecular weight is 602 g/mol. The summed E-state index contributed by atoms with van der Waals surface area (Å²) in [6.07, 6.45) is 6.85. The Balaban J connectivity index is 1.30. The molecule has 1 saturated heterocycles. The van der Waals surface area contributed by atoms with Gasteiger partial charge in [0.25, 0.3) is 10.0 Å². The minimum absolute atomic E-state index is 0.0540. The van der Waals surface area contributed by atoms with Crippen molar-refractivity contribution in [1.82, 2.24) is 44.4 Å². The van der Waals surface area contributed by atoms with E-state index < -0.39 is 16.1 Å². The summed E-state index contributed by atoms with van der Waals surface area (Å²) in [6, 6.07) is 15.4. The number of nitrogens with zero attached hydrogens (tertiary/aromatic N) is 7. The van der Waals surface area contributed by atoms with E-state index in [-0.39, 0.29) is 22.7 Å². The summed E-state index contributed by atoms with van der Waals surface area (Å²) in [5.41, 5.74) is 4.82. The number of para-hydroxylation sites is 1. The lowest BCUT2D eigenvalue weighted by atomic mass is 10.1. The van der Waals surface area contributed by atoms with Crippen LogP contribution in [-0.4, -0.2) is 74.9 Å². The van der Waals surface area contributed by atoms with E-state index in [2.05, 4.69) is 53.1 Å². The molecule has 4 N–H and O–H groups in total. The molecule has 0 aliphatic carbocycles. The molecule has 5 aromatic rings. The summed E-state index contributed by atoms with van der Waals surface area (Å²) < 4.78 is 29.0. The average Bonchev–Trinajstić information content (AvgIpc) is 3.60. The van der Waals surface area contributed by atoms with Crippen LogP contribution in [0.15, 0.2) is 65.7 Å². The quantitative estimate of drug-likeness (QED) is 0.196. The van der Waals surface area contributed by atoms with Gasteiger partial charge in [0, 0.05) is 23.7 Å². The number of anilines is 2. The predicted octanol–water partition coefficient (Wildman–Crippen LogP) is 2.93. The number of nitrogens with one attached hydrogen (secondary N) is 4. The molecule has 0 saturated carbocycles. The maximum Gasteiger partial charge on any atom is 0.321 e. The number of rotatable bonds is 8. The number of aromatic nitrogens is 6. The fourth-order valence-electron chi connectivity index (χ4n) is 4.82. The Bertz CT molecular complexity index is 1910. The van der Waals surface area contributed by atoms with Gasteiger partial charge >= 0.3 is 6.03 Å². The minimum atomic E-state index is -3.89. The van der Waals surface area contributed by atoms with Crippen LogP contribution in [0.2, 0.25) is 0 Å². The van der Waals surface area contributed by atoms with Crippen molar-refractivity contribution < 1.29 is 13.2 Å². The number of urea groups is 1. The number of piperidine rings is 1. The zero-order valence-corrected chi connectivity index (χ0v) is 24.4. The molecular weight excluding hydrogens is 570 g/mol. The van der Waals surface area contributed by atoms with Gasteiger partial charge in [-0.05, 0) is 64.2 Å². The molecule has 2 aromatic carbocycles. The number of fused-ring (bicyclic) bond motifs is 2. The molecule has 1 fully saturated rings. The van der Waals surface area contributed by atoms with Gasteiger partial charge < -0.3 is 10.2 Å². The van der Waals surface area contributed by atoms with Crippen molar-refractivity contribution in [1.29, 1.82) is 0 Å². The highest BCUT2D eigenvalue weighted by molar-refractivity contribution is 7.89. The first-order chi connectivity index (χ1) is 20.7. The number of aryl methyl sites for hydroxylation is 1. The van der Waals surface area contributed by atoms with Gasteiger partial charge in [0.2, 0.25) is 5.95 Å². The molecular formula is C28H31N11O3S. The second kappa shape index (κ2) is 11.8. The number of likely N-dealkylation sites (tertiary alicyclic amines) is 1. The molecule has 0 radical (unpaired) electrons. The molecule has 1 aliphatic heterocycles. The van der Waals surface area contributed by atoms with Crippen LogP contribution in [0.25, 0.3) is 28.8 Å².